The van der Waals surface area contributed by atoms with Gasteiger partial charge in [0.1, 0.15) is 0 Å². The number of Topliss-reactive ketones (excluding diaryl/α,β-unsaturated/α-hetero) is 1. The molecular formula is C11H19NO3. The molecule has 0 unspecified atom stereocenters. The standard InChI is InChI=1S/C11H19NO3/c1-9(14)10-5-4-7-12(10)11(15)6-2-3-8-13/h10,13H,2-8H2,1H3/t10-/m0/s1. The van der Waals surface area contributed by atoms with Gasteiger partial charge in [0, 0.05) is 19.6 Å². The molecule has 0 radical (unpaired) electrons. The number of hydrogen-bond acceptors (Lipinski definition) is 3. The van der Waals surface area contributed by atoms with Crippen LogP contribution in [-0.2, 0) is 9.59 Å². The average molecular weight is 213 g/mol. The van der Waals surface area contributed by atoms with Gasteiger partial charge in [0.15, 0.2) is 5.78 Å². The summed E-state index contributed by atoms with van der Waals surface area (Å²) in [4.78, 5) is 24.7. The van der Waals surface area contributed by atoms with Gasteiger partial charge < -0.3 is 10.0 Å². The highest BCUT2D eigenvalue weighted by molar-refractivity contribution is 5.88. The lowest BCUT2D eigenvalue weighted by molar-refractivity contribution is -0.137. The molecule has 1 saturated heterocycles. The van der Waals surface area contributed by atoms with E-state index < -0.39 is 0 Å². The van der Waals surface area contributed by atoms with E-state index in [1.807, 2.05) is 0 Å². The average Bonchev–Trinajstić information content (AvgIpc) is 2.66. The molecule has 0 aliphatic carbocycles. The number of nitrogens with zero attached hydrogens (tertiary/aromatic N) is 1. The van der Waals surface area contributed by atoms with E-state index in [0.717, 1.165) is 12.8 Å². The van der Waals surface area contributed by atoms with E-state index >= 15 is 0 Å². The number of aliphatic hydroxyl groups excluding tert-OH is 1. The number of carbonyl (C=O) groups excluding carboxylic acids is 2. The van der Waals surface area contributed by atoms with E-state index in [9.17, 15) is 9.59 Å². The summed E-state index contributed by atoms with van der Waals surface area (Å²) < 4.78 is 0. The van der Waals surface area contributed by atoms with Crippen molar-refractivity contribution in [1.29, 1.82) is 0 Å². The van der Waals surface area contributed by atoms with Crippen LogP contribution in [0.1, 0.15) is 39.0 Å². The molecule has 1 aliphatic rings. The number of amides is 1. The minimum absolute atomic E-state index is 0.0566. The molecule has 4 nitrogen and oxygen atoms in total. The van der Waals surface area contributed by atoms with Gasteiger partial charge in [0.05, 0.1) is 6.04 Å². The zero-order valence-corrected chi connectivity index (χ0v) is 9.24. The maximum Gasteiger partial charge on any atom is 0.223 e. The third kappa shape index (κ3) is 3.30. The van der Waals surface area contributed by atoms with Crippen molar-refractivity contribution < 1.29 is 14.7 Å². The number of aliphatic hydroxyl groups is 1. The zero-order valence-electron chi connectivity index (χ0n) is 9.24. The second-order valence-electron chi connectivity index (χ2n) is 4.04. The number of hydrogen-bond donors (Lipinski definition) is 1. The molecule has 4 heteroatoms. The first kappa shape index (κ1) is 12.2. The van der Waals surface area contributed by atoms with Gasteiger partial charge >= 0.3 is 0 Å². The van der Waals surface area contributed by atoms with E-state index in [1.54, 1.807) is 11.8 Å². The van der Waals surface area contributed by atoms with Crippen molar-refractivity contribution in [1.82, 2.24) is 4.90 Å². The molecule has 15 heavy (non-hydrogen) atoms. The summed E-state index contributed by atoms with van der Waals surface area (Å²) in [5.41, 5.74) is 0. The summed E-state index contributed by atoms with van der Waals surface area (Å²) in [7, 11) is 0. The van der Waals surface area contributed by atoms with Crippen molar-refractivity contribution in [3.8, 4) is 0 Å². The van der Waals surface area contributed by atoms with Crippen molar-refractivity contribution in [2.75, 3.05) is 13.2 Å². The maximum absolute atomic E-state index is 11.7. The van der Waals surface area contributed by atoms with Crippen LogP contribution in [0.25, 0.3) is 0 Å². The highest BCUT2D eigenvalue weighted by Crippen LogP contribution is 2.19. The zero-order chi connectivity index (χ0) is 11.3. The predicted molar refractivity (Wildman–Crippen MR) is 56.4 cm³/mol. The fourth-order valence-corrected chi connectivity index (χ4v) is 2.02. The Bertz CT molecular complexity index is 240. The first-order chi connectivity index (χ1) is 7.16. The molecule has 1 aliphatic heterocycles. The van der Waals surface area contributed by atoms with Gasteiger partial charge in [-0.05, 0) is 32.6 Å². The normalized spacial score (nSPS) is 20.7. The fraction of sp³-hybridized carbons (Fsp3) is 0.818. The smallest absolute Gasteiger partial charge is 0.223 e. The molecule has 0 bridgehead atoms. The van der Waals surface area contributed by atoms with E-state index in [2.05, 4.69) is 0 Å². The Morgan fingerprint density at radius 3 is 2.73 bits per heavy atom. The van der Waals surface area contributed by atoms with Crippen molar-refractivity contribution in [2.24, 2.45) is 0 Å². The topological polar surface area (TPSA) is 57.6 Å². The molecule has 0 aromatic heterocycles. The molecule has 86 valence electrons. The monoisotopic (exact) mass is 213 g/mol. The Morgan fingerprint density at radius 1 is 1.40 bits per heavy atom. The van der Waals surface area contributed by atoms with Gasteiger partial charge in [-0.2, -0.15) is 0 Å². The van der Waals surface area contributed by atoms with Crippen LogP contribution in [0.15, 0.2) is 0 Å². The molecule has 1 fully saturated rings. The second-order valence-corrected chi connectivity index (χ2v) is 4.04. The molecule has 0 aromatic carbocycles. The van der Waals surface area contributed by atoms with Gasteiger partial charge in [-0.15, -0.1) is 0 Å². The molecule has 1 N–H and O–H groups in total. The Balaban J connectivity index is 2.40. The summed E-state index contributed by atoms with van der Waals surface area (Å²) in [5, 5.41) is 8.61. The Labute approximate surface area is 90.3 Å². The highest BCUT2D eigenvalue weighted by atomic mass is 16.3. The number of unbranched alkanes of at least 4 members (excludes halogenated alkanes) is 1. The van der Waals surface area contributed by atoms with Gasteiger partial charge in [0.25, 0.3) is 0 Å². The van der Waals surface area contributed by atoms with Gasteiger partial charge in [0.2, 0.25) is 5.91 Å². The maximum atomic E-state index is 11.7. The number of rotatable bonds is 5. The van der Waals surface area contributed by atoms with Gasteiger partial charge in [-0.25, -0.2) is 0 Å². The first-order valence-corrected chi connectivity index (χ1v) is 5.57. The summed E-state index contributed by atoms with van der Waals surface area (Å²) in [6.07, 6.45) is 3.54. The molecule has 1 rings (SSSR count). The Hall–Kier alpha value is -0.900. The van der Waals surface area contributed by atoms with Crippen LogP contribution in [0.4, 0.5) is 0 Å². The van der Waals surface area contributed by atoms with Crippen LogP contribution < -0.4 is 0 Å². The summed E-state index contributed by atoms with van der Waals surface area (Å²) in [6.45, 7) is 2.38. The minimum Gasteiger partial charge on any atom is -0.396 e. The first-order valence-electron chi connectivity index (χ1n) is 5.57. The third-order valence-electron chi connectivity index (χ3n) is 2.84. The lowest BCUT2D eigenvalue weighted by atomic mass is 10.1. The largest absolute Gasteiger partial charge is 0.396 e. The molecule has 0 saturated carbocycles. The van der Waals surface area contributed by atoms with Crippen molar-refractivity contribution in [3.63, 3.8) is 0 Å². The van der Waals surface area contributed by atoms with Gasteiger partial charge in [-0.3, -0.25) is 9.59 Å². The SMILES string of the molecule is CC(=O)[C@@H]1CCCN1C(=O)CCCCO. The number of likely N-dealkylation sites (tertiary alicyclic amines) is 1. The van der Waals surface area contributed by atoms with Crippen LogP contribution in [0, 0.1) is 0 Å². The summed E-state index contributed by atoms with van der Waals surface area (Å²) in [5.74, 6) is 0.143. The number of carbonyl (C=O) groups is 2. The quantitative estimate of drug-likeness (QED) is 0.685. The molecule has 1 amide bonds. The minimum atomic E-state index is -0.188. The lowest BCUT2D eigenvalue weighted by Gasteiger charge is -2.22. The number of ketones is 1. The van der Waals surface area contributed by atoms with Crippen LogP contribution in [0.3, 0.4) is 0 Å². The van der Waals surface area contributed by atoms with E-state index in [-0.39, 0.29) is 24.3 Å². The fourth-order valence-electron chi connectivity index (χ4n) is 2.02. The van der Waals surface area contributed by atoms with Crippen molar-refractivity contribution >= 4 is 11.7 Å². The predicted octanol–water partition coefficient (Wildman–Crippen LogP) is 0.729. The van der Waals surface area contributed by atoms with Crippen LogP contribution in [0.2, 0.25) is 0 Å². The van der Waals surface area contributed by atoms with Crippen LogP contribution in [-0.4, -0.2) is 40.9 Å². The van der Waals surface area contributed by atoms with E-state index in [4.69, 9.17) is 5.11 Å². The summed E-state index contributed by atoms with van der Waals surface area (Å²) in [6, 6.07) is -0.188. The second kappa shape index (κ2) is 5.85. The Kier molecular flexibility index (Phi) is 4.75. The molecular weight excluding hydrogens is 194 g/mol. The lowest BCUT2D eigenvalue weighted by Crippen LogP contribution is -2.39. The highest BCUT2D eigenvalue weighted by Gasteiger charge is 2.30. The van der Waals surface area contributed by atoms with Crippen LogP contribution in [0.5, 0.6) is 0 Å². The van der Waals surface area contributed by atoms with Crippen LogP contribution >= 0.6 is 0 Å². The van der Waals surface area contributed by atoms with Crippen molar-refractivity contribution in [3.05, 3.63) is 0 Å². The molecule has 1 heterocycles. The Morgan fingerprint density at radius 2 is 2.13 bits per heavy atom. The summed E-state index contributed by atoms with van der Waals surface area (Å²) >= 11 is 0. The third-order valence-corrected chi connectivity index (χ3v) is 2.84. The van der Waals surface area contributed by atoms with E-state index in [1.165, 1.54) is 0 Å². The molecule has 1 atom stereocenters. The molecule has 0 aromatic rings. The molecule has 0 spiro atoms. The van der Waals surface area contributed by atoms with Gasteiger partial charge in [-0.1, -0.05) is 0 Å². The van der Waals surface area contributed by atoms with Crippen molar-refractivity contribution in [2.45, 2.75) is 45.1 Å². The van der Waals surface area contributed by atoms with E-state index in [0.29, 0.717) is 25.8 Å².